The van der Waals surface area contributed by atoms with Gasteiger partial charge in [-0.15, -0.1) is 11.3 Å². The van der Waals surface area contributed by atoms with Crippen molar-refractivity contribution in [1.29, 1.82) is 0 Å². The van der Waals surface area contributed by atoms with Crippen molar-refractivity contribution >= 4 is 23.3 Å². The van der Waals surface area contributed by atoms with Crippen LogP contribution in [0, 0.1) is 5.92 Å². The number of carbonyl (C=O) groups is 2. The highest BCUT2D eigenvalue weighted by Gasteiger charge is 2.34. The number of hydrogen-bond acceptors (Lipinski definition) is 3. The van der Waals surface area contributed by atoms with Crippen LogP contribution >= 0.6 is 11.3 Å². The van der Waals surface area contributed by atoms with Crippen molar-refractivity contribution in [2.45, 2.75) is 44.6 Å². The molecule has 2 rings (SSSR count). The summed E-state index contributed by atoms with van der Waals surface area (Å²) in [6.07, 6.45) is 2.22. The van der Waals surface area contributed by atoms with E-state index in [0.717, 1.165) is 12.8 Å². The van der Waals surface area contributed by atoms with E-state index in [2.05, 4.69) is 30.5 Å². The number of amides is 2. The number of carbonyl (C=O) groups excluding carboxylic acids is 1. The monoisotopic (exact) mass is 310 g/mol. The zero-order chi connectivity index (χ0) is 15.5. The average Bonchev–Trinajstić information content (AvgIpc) is 3.07. The van der Waals surface area contributed by atoms with Gasteiger partial charge in [-0.25, -0.2) is 4.79 Å². The van der Waals surface area contributed by atoms with Gasteiger partial charge in [0.25, 0.3) is 0 Å². The predicted molar refractivity (Wildman–Crippen MR) is 82.6 cm³/mol. The van der Waals surface area contributed by atoms with Gasteiger partial charge in [0.2, 0.25) is 0 Å². The number of urea groups is 1. The molecule has 0 aliphatic heterocycles. The van der Waals surface area contributed by atoms with E-state index in [1.165, 1.54) is 4.88 Å². The summed E-state index contributed by atoms with van der Waals surface area (Å²) >= 11 is 1.67. The van der Waals surface area contributed by atoms with Crippen LogP contribution in [0.25, 0.3) is 0 Å². The first kappa shape index (κ1) is 15.8. The molecule has 6 heteroatoms. The van der Waals surface area contributed by atoms with Crippen molar-refractivity contribution < 1.29 is 14.7 Å². The molecule has 1 saturated carbocycles. The Morgan fingerprint density at radius 3 is 2.81 bits per heavy atom. The summed E-state index contributed by atoms with van der Waals surface area (Å²) in [6.45, 7) is 4.67. The number of aliphatic carboxylic acids is 1. The molecule has 21 heavy (non-hydrogen) atoms. The molecule has 1 aromatic heterocycles. The Hall–Kier alpha value is -1.56. The van der Waals surface area contributed by atoms with Crippen molar-refractivity contribution in [3.05, 3.63) is 22.4 Å². The minimum Gasteiger partial charge on any atom is -0.481 e. The zero-order valence-corrected chi connectivity index (χ0v) is 13.2. The fourth-order valence-electron chi connectivity index (χ4n) is 2.70. The van der Waals surface area contributed by atoms with E-state index >= 15 is 0 Å². The van der Waals surface area contributed by atoms with Crippen LogP contribution in [0.15, 0.2) is 17.5 Å². The van der Waals surface area contributed by atoms with Crippen molar-refractivity contribution in [3.8, 4) is 0 Å². The smallest absolute Gasteiger partial charge is 0.315 e. The van der Waals surface area contributed by atoms with Gasteiger partial charge in [0.1, 0.15) is 0 Å². The lowest BCUT2D eigenvalue weighted by Gasteiger charge is -2.25. The van der Waals surface area contributed by atoms with Gasteiger partial charge >= 0.3 is 12.0 Å². The summed E-state index contributed by atoms with van der Waals surface area (Å²) in [5, 5.41) is 16.8. The molecule has 0 spiro atoms. The zero-order valence-electron chi connectivity index (χ0n) is 12.4. The van der Waals surface area contributed by atoms with Crippen molar-refractivity contribution in [2.75, 3.05) is 6.54 Å². The fraction of sp³-hybridized carbons (Fsp3) is 0.600. The topological polar surface area (TPSA) is 78.4 Å². The summed E-state index contributed by atoms with van der Waals surface area (Å²) < 4.78 is 0. The molecule has 116 valence electrons. The summed E-state index contributed by atoms with van der Waals surface area (Å²) in [6, 6.07) is 3.52. The molecule has 2 amide bonds. The van der Waals surface area contributed by atoms with Crippen LogP contribution in [-0.4, -0.2) is 29.7 Å². The summed E-state index contributed by atoms with van der Waals surface area (Å²) in [7, 11) is 0. The van der Waals surface area contributed by atoms with Gasteiger partial charge in [-0.1, -0.05) is 26.3 Å². The lowest BCUT2D eigenvalue weighted by molar-refractivity contribution is -0.142. The second-order valence-corrected chi connectivity index (χ2v) is 7.12. The summed E-state index contributed by atoms with van der Waals surface area (Å²) in [4.78, 5) is 24.3. The Labute approximate surface area is 128 Å². The van der Waals surface area contributed by atoms with Crippen LogP contribution in [0.5, 0.6) is 0 Å². The van der Waals surface area contributed by atoms with E-state index in [9.17, 15) is 9.59 Å². The molecule has 1 aliphatic carbocycles. The molecule has 0 aromatic carbocycles. The van der Waals surface area contributed by atoms with E-state index in [4.69, 9.17) is 5.11 Å². The summed E-state index contributed by atoms with van der Waals surface area (Å²) in [5.74, 6) is -1.28. The van der Waals surface area contributed by atoms with E-state index in [1.807, 2.05) is 11.4 Å². The quantitative estimate of drug-likeness (QED) is 0.782. The molecule has 0 bridgehead atoms. The minimum atomic E-state index is -0.822. The van der Waals surface area contributed by atoms with E-state index in [-0.39, 0.29) is 17.5 Å². The van der Waals surface area contributed by atoms with E-state index in [1.54, 1.807) is 11.3 Å². The molecule has 0 radical (unpaired) electrons. The highest BCUT2D eigenvalue weighted by molar-refractivity contribution is 7.10. The second-order valence-electron chi connectivity index (χ2n) is 6.17. The third-order valence-electron chi connectivity index (χ3n) is 4.03. The maximum atomic E-state index is 12.0. The van der Waals surface area contributed by atoms with Gasteiger partial charge < -0.3 is 15.7 Å². The van der Waals surface area contributed by atoms with Gasteiger partial charge in [0.05, 0.1) is 5.92 Å². The van der Waals surface area contributed by atoms with Gasteiger partial charge in [0, 0.05) is 22.9 Å². The molecular formula is C15H22N2O3S. The van der Waals surface area contributed by atoms with Gasteiger partial charge in [-0.3, -0.25) is 4.79 Å². The molecule has 1 aromatic rings. The Balaban J connectivity index is 1.84. The number of carboxylic acid groups (broad SMARTS) is 1. The molecule has 2 atom stereocenters. The van der Waals surface area contributed by atoms with Gasteiger partial charge in [-0.2, -0.15) is 0 Å². The average molecular weight is 310 g/mol. The van der Waals surface area contributed by atoms with E-state index < -0.39 is 11.9 Å². The van der Waals surface area contributed by atoms with Crippen molar-refractivity contribution in [3.63, 3.8) is 0 Å². The number of nitrogens with one attached hydrogen (secondary N) is 2. The number of rotatable bonds is 5. The first-order valence-electron chi connectivity index (χ1n) is 7.21. The van der Waals surface area contributed by atoms with Crippen LogP contribution in [0.4, 0.5) is 4.79 Å². The third-order valence-corrected chi connectivity index (χ3v) is 5.26. The molecular weight excluding hydrogens is 288 g/mol. The van der Waals surface area contributed by atoms with Crippen LogP contribution in [0.1, 0.15) is 38.0 Å². The molecule has 0 saturated heterocycles. The number of thiophene rings is 1. The first-order valence-corrected chi connectivity index (χ1v) is 8.09. The van der Waals surface area contributed by atoms with Crippen LogP contribution in [0.3, 0.4) is 0 Å². The Bertz CT molecular complexity index is 499. The van der Waals surface area contributed by atoms with Crippen molar-refractivity contribution in [1.82, 2.24) is 10.6 Å². The molecule has 3 N–H and O–H groups in total. The highest BCUT2D eigenvalue weighted by atomic mass is 32.1. The molecule has 2 unspecified atom stereocenters. The highest BCUT2D eigenvalue weighted by Crippen LogP contribution is 2.27. The SMILES string of the molecule is CC(C)(CNC(=O)NC1CCCC1C(=O)O)c1cccs1. The molecule has 1 aliphatic rings. The van der Waals surface area contributed by atoms with Gasteiger partial charge in [-0.05, 0) is 24.3 Å². The number of hydrogen-bond donors (Lipinski definition) is 3. The summed E-state index contributed by atoms with van der Waals surface area (Å²) in [5.41, 5.74) is -0.132. The third kappa shape index (κ3) is 3.97. The Morgan fingerprint density at radius 1 is 1.43 bits per heavy atom. The maximum Gasteiger partial charge on any atom is 0.315 e. The maximum absolute atomic E-state index is 12.0. The molecule has 1 heterocycles. The van der Waals surface area contributed by atoms with Crippen molar-refractivity contribution in [2.24, 2.45) is 5.92 Å². The van der Waals surface area contributed by atoms with Crippen LogP contribution in [0.2, 0.25) is 0 Å². The fourth-order valence-corrected chi connectivity index (χ4v) is 3.55. The Kier molecular flexibility index (Phi) is 4.88. The lowest BCUT2D eigenvalue weighted by Crippen LogP contribution is -2.48. The molecule has 1 fully saturated rings. The van der Waals surface area contributed by atoms with Crippen LogP contribution in [-0.2, 0) is 10.2 Å². The first-order chi connectivity index (χ1) is 9.90. The minimum absolute atomic E-state index is 0.132. The van der Waals surface area contributed by atoms with Crippen LogP contribution < -0.4 is 10.6 Å². The second kappa shape index (κ2) is 6.47. The number of carboxylic acids is 1. The van der Waals surface area contributed by atoms with Gasteiger partial charge in [0.15, 0.2) is 0 Å². The Morgan fingerprint density at radius 2 is 2.19 bits per heavy atom. The predicted octanol–water partition coefficient (Wildman–Crippen LogP) is 2.58. The normalized spacial score (nSPS) is 22.0. The molecule has 5 nitrogen and oxygen atoms in total. The standard InChI is InChI=1S/C15H22N2O3S/c1-15(2,12-7-4-8-21-12)9-16-14(20)17-11-6-3-5-10(11)13(18)19/h4,7-8,10-11H,3,5-6,9H2,1-2H3,(H,18,19)(H2,16,17,20). The lowest BCUT2D eigenvalue weighted by atomic mass is 9.91. The van der Waals surface area contributed by atoms with E-state index in [0.29, 0.717) is 13.0 Å². The largest absolute Gasteiger partial charge is 0.481 e.